The van der Waals surface area contributed by atoms with E-state index in [0.717, 1.165) is 31.9 Å². The topological polar surface area (TPSA) is 66.0 Å². The molecule has 0 spiro atoms. The van der Waals surface area contributed by atoms with Crippen LogP contribution in [0.4, 0.5) is 5.69 Å². The van der Waals surface area contributed by atoms with Gasteiger partial charge in [-0.25, -0.2) is 0 Å². The molecule has 3 N–H and O–H groups in total. The van der Waals surface area contributed by atoms with Gasteiger partial charge in [0.15, 0.2) is 11.4 Å². The van der Waals surface area contributed by atoms with E-state index >= 15 is 0 Å². The van der Waals surface area contributed by atoms with Gasteiger partial charge in [-0.3, -0.25) is 4.90 Å². The number of benzene rings is 2. The van der Waals surface area contributed by atoms with E-state index in [1.165, 1.54) is 15.5 Å². The van der Waals surface area contributed by atoms with Crippen LogP contribution in [-0.4, -0.2) is 71.9 Å². The maximum absolute atomic E-state index is 10.4. The highest BCUT2D eigenvalue weighted by molar-refractivity contribution is 5.45. The van der Waals surface area contributed by atoms with Gasteiger partial charge in [-0.1, -0.05) is 12.1 Å². The summed E-state index contributed by atoms with van der Waals surface area (Å²) >= 11 is 0. The molecule has 1 aliphatic heterocycles. The molecule has 9 heteroatoms. The van der Waals surface area contributed by atoms with E-state index < -0.39 is 6.10 Å². The van der Waals surface area contributed by atoms with Crippen LogP contribution >= 0.6 is 0 Å². The fourth-order valence-corrected chi connectivity index (χ4v) is 3.76. The van der Waals surface area contributed by atoms with E-state index in [1.807, 2.05) is 12.1 Å². The second-order valence-electron chi connectivity index (χ2n) is 7.27. The average molecular weight is 475 g/mol. The van der Waals surface area contributed by atoms with Gasteiger partial charge < -0.3 is 53.8 Å². The standard InChI is InChI=1S/C22H30N2O5.2ClH/c1-26-18-12-19(27-2)14-20(13-18)29-16-17(25)15-23-8-10-24(11-9-23)21-6-4-5-7-22(21)28-3;;/h4-7,12-14,17,25H,8-11,15-16H2,1-3H3;2*1H. The van der Waals surface area contributed by atoms with Crippen molar-refractivity contribution < 1.29 is 58.7 Å². The van der Waals surface area contributed by atoms with Crippen LogP contribution in [0.1, 0.15) is 0 Å². The molecule has 2 aromatic carbocycles. The van der Waals surface area contributed by atoms with Crippen molar-refractivity contribution in [2.45, 2.75) is 6.10 Å². The number of nitrogens with one attached hydrogen (secondary N) is 2. The van der Waals surface area contributed by atoms with E-state index in [9.17, 15) is 5.11 Å². The first-order valence-electron chi connectivity index (χ1n) is 9.98. The molecule has 7 nitrogen and oxygen atoms in total. The minimum Gasteiger partial charge on any atom is -1.00 e. The molecule has 2 aromatic rings. The van der Waals surface area contributed by atoms with Crippen LogP contribution in [0.3, 0.4) is 0 Å². The van der Waals surface area contributed by atoms with Crippen LogP contribution in [-0.2, 0) is 0 Å². The molecular formula is C22H32Cl2N2O5. The van der Waals surface area contributed by atoms with Crippen molar-refractivity contribution in [1.82, 2.24) is 0 Å². The SMILES string of the molecule is COc1cc(OC)cc(OCC(O)C[NH+]2CC[NH+](c3ccccc3OC)CC2)c1.[Cl-].[Cl-]. The minimum atomic E-state index is -0.532. The van der Waals surface area contributed by atoms with Gasteiger partial charge in [0, 0.05) is 24.3 Å². The Morgan fingerprint density at radius 1 is 0.839 bits per heavy atom. The van der Waals surface area contributed by atoms with Crippen LogP contribution in [0, 0.1) is 0 Å². The first-order chi connectivity index (χ1) is 14.1. The van der Waals surface area contributed by atoms with Crippen LogP contribution in [0.25, 0.3) is 0 Å². The molecule has 1 atom stereocenters. The highest BCUT2D eigenvalue weighted by atomic mass is 35.5. The summed E-state index contributed by atoms with van der Waals surface area (Å²) in [5.41, 5.74) is 1.21. The molecule has 0 bridgehead atoms. The number of aliphatic hydroxyl groups excluding tert-OH is 1. The summed E-state index contributed by atoms with van der Waals surface area (Å²) in [5.74, 6) is 2.89. The van der Waals surface area contributed by atoms with Gasteiger partial charge in [-0.15, -0.1) is 0 Å². The van der Waals surface area contributed by atoms with E-state index in [4.69, 9.17) is 18.9 Å². The lowest BCUT2D eigenvalue weighted by Crippen LogP contribution is -3.26. The van der Waals surface area contributed by atoms with Crippen LogP contribution in [0.5, 0.6) is 23.0 Å². The Hall–Kier alpha value is -1.90. The Morgan fingerprint density at radius 2 is 1.42 bits per heavy atom. The van der Waals surface area contributed by atoms with Gasteiger partial charge in [0.1, 0.15) is 62.7 Å². The average Bonchev–Trinajstić information content (AvgIpc) is 2.78. The predicted molar refractivity (Wildman–Crippen MR) is 110 cm³/mol. The second-order valence-corrected chi connectivity index (χ2v) is 7.27. The third-order valence-corrected chi connectivity index (χ3v) is 5.34. The molecule has 1 fully saturated rings. The quantitative estimate of drug-likeness (QED) is 0.337. The zero-order chi connectivity index (χ0) is 20.6. The minimum absolute atomic E-state index is 0. The molecule has 0 aliphatic carbocycles. The summed E-state index contributed by atoms with van der Waals surface area (Å²) in [4.78, 5) is 2.82. The largest absolute Gasteiger partial charge is 1.00 e. The Kier molecular flexibility index (Phi) is 11.8. The van der Waals surface area contributed by atoms with Crippen molar-refractivity contribution in [1.29, 1.82) is 0 Å². The lowest BCUT2D eigenvalue weighted by atomic mass is 10.2. The molecule has 0 saturated carbocycles. The number of quaternary nitrogens is 2. The molecule has 1 heterocycles. The van der Waals surface area contributed by atoms with Crippen LogP contribution in [0.15, 0.2) is 42.5 Å². The van der Waals surface area contributed by atoms with Crippen molar-refractivity contribution in [2.24, 2.45) is 0 Å². The number of piperazine rings is 1. The third kappa shape index (κ3) is 7.63. The zero-order valence-corrected chi connectivity index (χ0v) is 19.7. The third-order valence-electron chi connectivity index (χ3n) is 5.34. The summed E-state index contributed by atoms with van der Waals surface area (Å²) in [6.45, 7) is 4.92. The molecule has 0 radical (unpaired) electrons. The molecule has 1 saturated heterocycles. The Labute approximate surface area is 196 Å². The number of aliphatic hydroxyl groups is 1. The lowest BCUT2D eigenvalue weighted by Gasteiger charge is -2.31. The van der Waals surface area contributed by atoms with Gasteiger partial charge in [-0.2, -0.15) is 0 Å². The Morgan fingerprint density at radius 3 is 2.00 bits per heavy atom. The molecule has 174 valence electrons. The summed E-state index contributed by atoms with van der Waals surface area (Å²) in [6, 6.07) is 13.6. The fourth-order valence-electron chi connectivity index (χ4n) is 3.76. The first-order valence-corrected chi connectivity index (χ1v) is 9.98. The number of hydrogen-bond acceptors (Lipinski definition) is 5. The van der Waals surface area contributed by atoms with Crippen LogP contribution in [0.2, 0.25) is 0 Å². The van der Waals surface area contributed by atoms with E-state index in [0.29, 0.717) is 23.8 Å². The number of halogens is 2. The van der Waals surface area contributed by atoms with E-state index in [-0.39, 0.29) is 31.4 Å². The van der Waals surface area contributed by atoms with Gasteiger partial charge in [0.25, 0.3) is 0 Å². The van der Waals surface area contributed by atoms with Gasteiger partial charge >= 0.3 is 0 Å². The van der Waals surface area contributed by atoms with Gasteiger partial charge in [0.05, 0.1) is 21.3 Å². The van der Waals surface area contributed by atoms with Gasteiger partial charge in [0.2, 0.25) is 0 Å². The monoisotopic (exact) mass is 474 g/mol. The van der Waals surface area contributed by atoms with Crippen molar-refractivity contribution in [3.63, 3.8) is 0 Å². The molecule has 31 heavy (non-hydrogen) atoms. The lowest BCUT2D eigenvalue weighted by molar-refractivity contribution is -0.988. The highest BCUT2D eigenvalue weighted by Crippen LogP contribution is 2.27. The smallest absolute Gasteiger partial charge is 0.179 e. The maximum Gasteiger partial charge on any atom is 0.179 e. The second kappa shape index (κ2) is 13.5. The normalized spacial score (nSPS) is 18.7. The number of hydrogen-bond donors (Lipinski definition) is 3. The highest BCUT2D eigenvalue weighted by Gasteiger charge is 2.28. The number of rotatable bonds is 9. The molecular weight excluding hydrogens is 443 g/mol. The molecule has 0 aromatic heterocycles. The van der Waals surface area contributed by atoms with Crippen molar-refractivity contribution in [3.8, 4) is 23.0 Å². The molecule has 3 rings (SSSR count). The summed E-state index contributed by atoms with van der Waals surface area (Å²) in [5, 5.41) is 10.4. The first kappa shape index (κ1) is 27.1. The number of ether oxygens (including phenoxy) is 4. The maximum atomic E-state index is 10.4. The zero-order valence-electron chi connectivity index (χ0n) is 18.2. The predicted octanol–water partition coefficient (Wildman–Crippen LogP) is -6.42. The summed E-state index contributed by atoms with van der Waals surface area (Å²) in [6.07, 6.45) is -0.532. The Balaban J connectivity index is 0.00000240. The summed E-state index contributed by atoms with van der Waals surface area (Å²) < 4.78 is 21.8. The molecule has 1 aliphatic rings. The summed E-state index contributed by atoms with van der Waals surface area (Å²) in [7, 11) is 4.92. The molecule has 1 unspecified atom stereocenters. The van der Waals surface area contributed by atoms with Crippen molar-refractivity contribution >= 4 is 5.69 Å². The molecule has 0 amide bonds. The van der Waals surface area contributed by atoms with E-state index in [2.05, 4.69) is 12.1 Å². The van der Waals surface area contributed by atoms with Crippen molar-refractivity contribution in [3.05, 3.63) is 42.5 Å². The van der Waals surface area contributed by atoms with E-state index in [1.54, 1.807) is 39.5 Å². The number of para-hydroxylation sites is 2. The Bertz CT molecular complexity index is 766. The van der Waals surface area contributed by atoms with Gasteiger partial charge in [-0.05, 0) is 6.07 Å². The fraction of sp³-hybridized carbons (Fsp3) is 0.455. The van der Waals surface area contributed by atoms with Crippen LogP contribution < -0.4 is 53.6 Å². The van der Waals surface area contributed by atoms with Crippen molar-refractivity contribution in [2.75, 3.05) is 60.7 Å². The number of methoxy groups -OCH3 is 3.